The number of hydrogen-bond donors (Lipinski definition) is 2. The van der Waals surface area contributed by atoms with Crippen molar-refractivity contribution in [3.8, 4) is 22.5 Å². The monoisotopic (exact) mass is 378 g/mol. The van der Waals surface area contributed by atoms with Crippen molar-refractivity contribution < 1.29 is 0 Å². The Bertz CT molecular complexity index is 1290. The van der Waals surface area contributed by atoms with Gasteiger partial charge in [-0.3, -0.25) is 10.1 Å². The van der Waals surface area contributed by atoms with E-state index in [4.69, 9.17) is 9.97 Å². The van der Waals surface area contributed by atoms with Gasteiger partial charge in [-0.2, -0.15) is 5.10 Å². The third kappa shape index (κ3) is 3.32. The third-order valence-electron chi connectivity index (χ3n) is 4.82. The van der Waals surface area contributed by atoms with Gasteiger partial charge in [-0.05, 0) is 42.8 Å². The Morgan fingerprint density at radius 2 is 1.59 bits per heavy atom. The fraction of sp³-hybridized carbons (Fsp3) is 0.0435. The predicted octanol–water partition coefficient (Wildman–Crippen LogP) is 5.13. The summed E-state index contributed by atoms with van der Waals surface area (Å²) < 4.78 is 0. The zero-order chi connectivity index (χ0) is 19.6. The van der Waals surface area contributed by atoms with E-state index in [1.54, 1.807) is 12.4 Å². The average molecular weight is 378 g/mol. The van der Waals surface area contributed by atoms with Crippen molar-refractivity contribution in [2.75, 3.05) is 5.32 Å². The normalized spacial score (nSPS) is 10.9. The van der Waals surface area contributed by atoms with Crippen molar-refractivity contribution in [2.45, 2.75) is 6.92 Å². The molecule has 2 N–H and O–H groups in total. The number of aromatic nitrogens is 5. The van der Waals surface area contributed by atoms with Crippen LogP contribution in [0.15, 0.2) is 79.1 Å². The molecule has 5 rings (SSSR count). The predicted molar refractivity (Wildman–Crippen MR) is 115 cm³/mol. The number of aryl methyl sites for hydroxylation is 1. The molecule has 0 radical (unpaired) electrons. The number of anilines is 2. The highest BCUT2D eigenvalue weighted by molar-refractivity contribution is 5.91. The summed E-state index contributed by atoms with van der Waals surface area (Å²) in [5, 5.41) is 11.7. The largest absolute Gasteiger partial charge is 0.307 e. The van der Waals surface area contributed by atoms with Crippen LogP contribution in [0.1, 0.15) is 5.56 Å². The number of hydrogen-bond acceptors (Lipinski definition) is 5. The molecule has 6 heteroatoms. The van der Waals surface area contributed by atoms with Crippen LogP contribution in [-0.2, 0) is 0 Å². The molecular formula is C23H18N6. The number of pyridine rings is 1. The lowest BCUT2D eigenvalue weighted by Gasteiger charge is -2.11. The summed E-state index contributed by atoms with van der Waals surface area (Å²) in [6.45, 7) is 2.08. The molecule has 0 aliphatic carbocycles. The average Bonchev–Trinajstić information content (AvgIpc) is 3.17. The van der Waals surface area contributed by atoms with Gasteiger partial charge in [0, 0.05) is 28.9 Å². The smallest absolute Gasteiger partial charge is 0.229 e. The molecule has 0 amide bonds. The highest BCUT2D eigenvalue weighted by atomic mass is 15.2. The van der Waals surface area contributed by atoms with Crippen LogP contribution < -0.4 is 5.32 Å². The van der Waals surface area contributed by atoms with Crippen molar-refractivity contribution >= 4 is 22.7 Å². The molecule has 0 aliphatic rings. The van der Waals surface area contributed by atoms with Gasteiger partial charge in [-0.25, -0.2) is 9.97 Å². The van der Waals surface area contributed by atoms with Crippen LogP contribution in [0.2, 0.25) is 0 Å². The van der Waals surface area contributed by atoms with Crippen LogP contribution in [0, 0.1) is 6.92 Å². The fourth-order valence-corrected chi connectivity index (χ4v) is 3.34. The summed E-state index contributed by atoms with van der Waals surface area (Å²) in [4.78, 5) is 13.6. The first-order chi connectivity index (χ1) is 14.3. The number of H-pyrrole nitrogens is 1. The molecular weight excluding hydrogens is 360 g/mol. The minimum absolute atomic E-state index is 0.495. The summed E-state index contributed by atoms with van der Waals surface area (Å²) in [6, 6.07) is 22.0. The minimum Gasteiger partial charge on any atom is -0.307 e. The van der Waals surface area contributed by atoms with Gasteiger partial charge in [0.2, 0.25) is 5.95 Å². The van der Waals surface area contributed by atoms with Crippen molar-refractivity contribution in [1.29, 1.82) is 0 Å². The summed E-state index contributed by atoms with van der Waals surface area (Å²) in [5.41, 5.74) is 5.84. The topological polar surface area (TPSA) is 79.4 Å². The summed E-state index contributed by atoms with van der Waals surface area (Å²) in [5.74, 6) is 1.19. The van der Waals surface area contributed by atoms with E-state index in [0.717, 1.165) is 39.0 Å². The van der Waals surface area contributed by atoms with Crippen LogP contribution in [0.3, 0.4) is 0 Å². The Hall–Kier alpha value is -4.06. The van der Waals surface area contributed by atoms with Gasteiger partial charge < -0.3 is 5.32 Å². The standard InChI is InChI=1S/C23H18N6/c1-15-6-2-3-7-17(15)21-14-20(16-10-12-24-13-11-16)25-23(26-21)27-22-18-8-4-5-9-19(18)28-29-22/h2-14H,1H3,(H2,25,26,27,28,29). The molecule has 140 valence electrons. The number of rotatable bonds is 4. The first kappa shape index (κ1) is 17.1. The Labute approximate surface area is 167 Å². The van der Waals surface area contributed by atoms with Gasteiger partial charge in [0.05, 0.1) is 16.9 Å². The van der Waals surface area contributed by atoms with Gasteiger partial charge in [0.15, 0.2) is 5.82 Å². The lowest BCUT2D eigenvalue weighted by atomic mass is 10.0. The number of fused-ring (bicyclic) bond motifs is 1. The highest BCUT2D eigenvalue weighted by Gasteiger charge is 2.12. The first-order valence-corrected chi connectivity index (χ1v) is 9.33. The van der Waals surface area contributed by atoms with E-state index >= 15 is 0 Å². The van der Waals surface area contributed by atoms with Crippen LogP contribution in [0.5, 0.6) is 0 Å². The fourth-order valence-electron chi connectivity index (χ4n) is 3.34. The maximum atomic E-state index is 4.78. The van der Waals surface area contributed by atoms with Gasteiger partial charge in [0.1, 0.15) is 0 Å². The molecule has 0 saturated heterocycles. The molecule has 0 spiro atoms. The van der Waals surface area contributed by atoms with Crippen molar-refractivity contribution in [3.05, 3.63) is 84.7 Å². The minimum atomic E-state index is 0.495. The van der Waals surface area contributed by atoms with Gasteiger partial charge >= 0.3 is 0 Å². The second-order valence-corrected chi connectivity index (χ2v) is 6.76. The molecule has 0 fully saturated rings. The lowest BCUT2D eigenvalue weighted by Crippen LogP contribution is -2.01. The molecule has 0 aliphatic heterocycles. The number of aromatic amines is 1. The molecule has 0 atom stereocenters. The lowest BCUT2D eigenvalue weighted by molar-refractivity contribution is 1.10. The van der Waals surface area contributed by atoms with Crippen LogP contribution in [-0.4, -0.2) is 25.1 Å². The summed E-state index contributed by atoms with van der Waals surface area (Å²) >= 11 is 0. The zero-order valence-electron chi connectivity index (χ0n) is 15.8. The van der Waals surface area contributed by atoms with Gasteiger partial charge in [-0.15, -0.1) is 0 Å². The SMILES string of the molecule is Cc1ccccc1-c1cc(-c2ccncc2)nc(Nc2n[nH]c3ccccc23)n1. The molecule has 29 heavy (non-hydrogen) atoms. The zero-order valence-corrected chi connectivity index (χ0v) is 15.8. The second kappa shape index (κ2) is 7.16. The van der Waals surface area contributed by atoms with Crippen molar-refractivity contribution in [1.82, 2.24) is 25.1 Å². The van der Waals surface area contributed by atoms with Crippen molar-refractivity contribution in [3.63, 3.8) is 0 Å². The van der Waals surface area contributed by atoms with E-state index in [0.29, 0.717) is 11.8 Å². The molecule has 3 aromatic heterocycles. The quantitative estimate of drug-likeness (QED) is 0.453. The van der Waals surface area contributed by atoms with Crippen LogP contribution in [0.25, 0.3) is 33.4 Å². The highest BCUT2D eigenvalue weighted by Crippen LogP contribution is 2.29. The molecule has 0 saturated carbocycles. The summed E-state index contributed by atoms with van der Waals surface area (Å²) in [7, 11) is 0. The third-order valence-corrected chi connectivity index (χ3v) is 4.82. The Morgan fingerprint density at radius 3 is 2.45 bits per heavy atom. The molecule has 0 unspecified atom stereocenters. The molecule has 3 heterocycles. The van der Waals surface area contributed by atoms with Crippen LogP contribution in [0.4, 0.5) is 11.8 Å². The Kier molecular flexibility index (Phi) is 4.22. The molecule has 2 aromatic carbocycles. The Morgan fingerprint density at radius 1 is 0.828 bits per heavy atom. The van der Waals surface area contributed by atoms with E-state index in [-0.39, 0.29) is 0 Å². The molecule has 6 nitrogen and oxygen atoms in total. The summed E-state index contributed by atoms with van der Waals surface area (Å²) in [6.07, 6.45) is 3.53. The van der Waals surface area contributed by atoms with E-state index in [1.807, 2.05) is 54.6 Å². The maximum Gasteiger partial charge on any atom is 0.229 e. The van der Waals surface area contributed by atoms with E-state index in [2.05, 4.69) is 39.6 Å². The number of para-hydroxylation sites is 1. The second-order valence-electron chi connectivity index (χ2n) is 6.76. The molecule has 5 aromatic rings. The molecule has 0 bridgehead atoms. The van der Waals surface area contributed by atoms with Crippen LogP contribution >= 0.6 is 0 Å². The van der Waals surface area contributed by atoms with E-state index in [9.17, 15) is 0 Å². The Balaban J connectivity index is 1.64. The number of benzene rings is 2. The van der Waals surface area contributed by atoms with E-state index < -0.39 is 0 Å². The number of nitrogens with zero attached hydrogens (tertiary/aromatic N) is 4. The van der Waals surface area contributed by atoms with Gasteiger partial charge in [-0.1, -0.05) is 36.4 Å². The van der Waals surface area contributed by atoms with Crippen molar-refractivity contribution in [2.24, 2.45) is 0 Å². The first-order valence-electron chi connectivity index (χ1n) is 9.33. The maximum absolute atomic E-state index is 4.78. The van der Waals surface area contributed by atoms with Gasteiger partial charge in [0.25, 0.3) is 0 Å². The number of nitrogens with one attached hydrogen (secondary N) is 2. The van der Waals surface area contributed by atoms with E-state index in [1.165, 1.54) is 0 Å².